The fourth-order valence-corrected chi connectivity index (χ4v) is 2.13. The van der Waals surface area contributed by atoms with Crippen LogP contribution in [-0.2, 0) is 6.42 Å². The first kappa shape index (κ1) is 16.1. The summed E-state index contributed by atoms with van der Waals surface area (Å²) in [5.74, 6) is 2.38. The fourth-order valence-electron chi connectivity index (χ4n) is 2.13. The van der Waals surface area contributed by atoms with Crippen molar-refractivity contribution in [3.05, 3.63) is 54.0 Å². The van der Waals surface area contributed by atoms with Gasteiger partial charge in [0.05, 0.1) is 0 Å². The lowest BCUT2D eigenvalue weighted by atomic mass is 10.1. The highest BCUT2D eigenvalue weighted by Gasteiger charge is 2.12. The second-order valence-corrected chi connectivity index (χ2v) is 5.80. The Morgan fingerprint density at radius 2 is 1.96 bits per heavy atom. The molecule has 3 rings (SSSR count). The molecule has 2 aromatic heterocycles. The number of ether oxygens (including phenoxy) is 1. The maximum absolute atomic E-state index is 9.08. The molecule has 0 aliphatic heterocycles. The molecule has 0 radical (unpaired) electrons. The highest BCUT2D eigenvalue weighted by atomic mass is 16.5. The molecule has 1 N–H and O–H groups in total. The molecule has 6 heteroatoms. The van der Waals surface area contributed by atoms with Crippen molar-refractivity contribution in [2.45, 2.75) is 20.3 Å². The van der Waals surface area contributed by atoms with E-state index in [4.69, 9.17) is 14.4 Å². The molecule has 6 nitrogen and oxygen atoms in total. The Bertz CT molecular complexity index is 782. The Balaban J connectivity index is 1.69. The van der Waals surface area contributed by atoms with Gasteiger partial charge in [0.1, 0.15) is 5.75 Å². The van der Waals surface area contributed by atoms with Crippen LogP contribution in [0.1, 0.15) is 18.4 Å². The highest BCUT2D eigenvalue weighted by Crippen LogP contribution is 2.24. The predicted octanol–water partition coefficient (Wildman–Crippen LogP) is 3.40. The standard InChI is InChI=1S/C18H19N3O3/c1-12-3-8-16(19-10-12)23-15-6-4-14(5-7-15)18-20-17(24-21-18)9-13(2)11-22/h3-8,10,13,22H,9,11H2,1-2H3/t13-/m0/s1. The van der Waals surface area contributed by atoms with Crippen LogP contribution in [0, 0.1) is 12.8 Å². The van der Waals surface area contributed by atoms with Crippen molar-refractivity contribution >= 4 is 0 Å². The van der Waals surface area contributed by atoms with Gasteiger partial charge in [-0.3, -0.25) is 0 Å². The maximum atomic E-state index is 9.08. The number of hydrogen-bond acceptors (Lipinski definition) is 6. The Hall–Kier alpha value is -2.73. The van der Waals surface area contributed by atoms with Crippen molar-refractivity contribution in [3.63, 3.8) is 0 Å². The number of aliphatic hydroxyl groups excluding tert-OH is 1. The molecule has 0 aliphatic rings. The van der Waals surface area contributed by atoms with Gasteiger partial charge in [0.15, 0.2) is 0 Å². The smallest absolute Gasteiger partial charge is 0.227 e. The van der Waals surface area contributed by atoms with Crippen LogP contribution >= 0.6 is 0 Å². The van der Waals surface area contributed by atoms with Crippen molar-refractivity contribution in [2.24, 2.45) is 5.92 Å². The lowest BCUT2D eigenvalue weighted by Gasteiger charge is -2.05. The summed E-state index contributed by atoms with van der Waals surface area (Å²) in [5, 5.41) is 13.1. The fraction of sp³-hybridized carbons (Fsp3) is 0.278. The molecule has 0 fully saturated rings. The Morgan fingerprint density at radius 3 is 2.62 bits per heavy atom. The Labute approximate surface area is 140 Å². The van der Waals surface area contributed by atoms with Crippen LogP contribution in [0.3, 0.4) is 0 Å². The first-order valence-corrected chi connectivity index (χ1v) is 7.78. The van der Waals surface area contributed by atoms with Crippen molar-refractivity contribution in [1.29, 1.82) is 0 Å². The van der Waals surface area contributed by atoms with Crippen LogP contribution in [0.2, 0.25) is 0 Å². The summed E-state index contributed by atoms with van der Waals surface area (Å²) < 4.78 is 10.9. The molecule has 0 bridgehead atoms. The second kappa shape index (κ2) is 7.23. The molecule has 0 saturated carbocycles. The number of hydrogen-bond donors (Lipinski definition) is 1. The molecule has 124 valence electrons. The quantitative estimate of drug-likeness (QED) is 0.748. The number of aliphatic hydroxyl groups is 1. The first-order valence-electron chi connectivity index (χ1n) is 7.78. The van der Waals surface area contributed by atoms with E-state index in [0.717, 1.165) is 11.1 Å². The molecule has 0 aliphatic carbocycles. The van der Waals surface area contributed by atoms with E-state index in [2.05, 4.69) is 15.1 Å². The van der Waals surface area contributed by atoms with Gasteiger partial charge in [0.25, 0.3) is 0 Å². The van der Waals surface area contributed by atoms with Gasteiger partial charge in [-0.1, -0.05) is 18.1 Å². The topological polar surface area (TPSA) is 81.3 Å². The zero-order valence-electron chi connectivity index (χ0n) is 13.6. The molecule has 24 heavy (non-hydrogen) atoms. The molecule has 0 saturated heterocycles. The minimum atomic E-state index is 0.0936. The van der Waals surface area contributed by atoms with E-state index in [1.165, 1.54) is 0 Å². The SMILES string of the molecule is Cc1ccc(Oc2ccc(-c3noc(C[C@H](C)CO)n3)cc2)nc1. The van der Waals surface area contributed by atoms with Gasteiger partial charge in [-0.2, -0.15) is 4.98 Å². The molecular formula is C18H19N3O3. The van der Waals surface area contributed by atoms with Gasteiger partial charge in [0.2, 0.25) is 17.6 Å². The third-order valence-corrected chi connectivity index (χ3v) is 3.52. The van der Waals surface area contributed by atoms with E-state index in [1.807, 2.05) is 50.2 Å². The molecule has 3 aromatic rings. The van der Waals surface area contributed by atoms with Gasteiger partial charge >= 0.3 is 0 Å². The first-order chi connectivity index (χ1) is 11.6. The van der Waals surface area contributed by atoms with Crippen molar-refractivity contribution in [3.8, 4) is 23.0 Å². The third kappa shape index (κ3) is 3.97. The van der Waals surface area contributed by atoms with Gasteiger partial charge in [-0.05, 0) is 42.7 Å². The molecule has 1 atom stereocenters. The second-order valence-electron chi connectivity index (χ2n) is 5.80. The van der Waals surface area contributed by atoms with Crippen molar-refractivity contribution in [2.75, 3.05) is 6.61 Å². The van der Waals surface area contributed by atoms with E-state index in [0.29, 0.717) is 29.8 Å². The summed E-state index contributed by atoms with van der Waals surface area (Å²) in [6.45, 7) is 4.00. The average Bonchev–Trinajstić information content (AvgIpc) is 3.06. The lowest BCUT2D eigenvalue weighted by Crippen LogP contribution is -2.04. The summed E-state index contributed by atoms with van der Waals surface area (Å²) >= 11 is 0. The number of benzene rings is 1. The minimum Gasteiger partial charge on any atom is -0.439 e. The highest BCUT2D eigenvalue weighted by molar-refractivity contribution is 5.55. The summed E-state index contributed by atoms with van der Waals surface area (Å²) in [6.07, 6.45) is 2.32. The maximum Gasteiger partial charge on any atom is 0.227 e. The molecule has 2 heterocycles. The van der Waals surface area contributed by atoms with Crippen LogP contribution < -0.4 is 4.74 Å². The van der Waals surface area contributed by atoms with Crippen LogP contribution in [0.25, 0.3) is 11.4 Å². The number of aromatic nitrogens is 3. The van der Waals surface area contributed by atoms with E-state index >= 15 is 0 Å². The molecule has 1 aromatic carbocycles. The molecule has 0 unspecified atom stereocenters. The normalized spacial score (nSPS) is 12.1. The largest absolute Gasteiger partial charge is 0.439 e. The predicted molar refractivity (Wildman–Crippen MR) is 88.7 cm³/mol. The zero-order chi connectivity index (χ0) is 16.9. The summed E-state index contributed by atoms with van der Waals surface area (Å²) in [4.78, 5) is 8.56. The average molecular weight is 325 g/mol. The van der Waals surface area contributed by atoms with Crippen molar-refractivity contribution < 1.29 is 14.4 Å². The number of aryl methyl sites for hydroxylation is 1. The van der Waals surface area contributed by atoms with E-state index in [-0.39, 0.29) is 12.5 Å². The van der Waals surface area contributed by atoms with E-state index in [9.17, 15) is 0 Å². The van der Waals surface area contributed by atoms with Gasteiger partial charge in [-0.15, -0.1) is 0 Å². The van der Waals surface area contributed by atoms with Gasteiger partial charge in [0, 0.05) is 30.9 Å². The van der Waals surface area contributed by atoms with Crippen molar-refractivity contribution in [1.82, 2.24) is 15.1 Å². The third-order valence-electron chi connectivity index (χ3n) is 3.52. The molecular weight excluding hydrogens is 306 g/mol. The number of rotatable bonds is 6. The molecule has 0 spiro atoms. The molecule has 0 amide bonds. The minimum absolute atomic E-state index is 0.0936. The van der Waals surface area contributed by atoms with Crippen LogP contribution in [0.15, 0.2) is 47.1 Å². The summed E-state index contributed by atoms with van der Waals surface area (Å²) in [5.41, 5.74) is 1.92. The van der Waals surface area contributed by atoms with Gasteiger partial charge < -0.3 is 14.4 Å². The van der Waals surface area contributed by atoms with Gasteiger partial charge in [-0.25, -0.2) is 4.98 Å². The van der Waals surface area contributed by atoms with Crippen LogP contribution in [0.5, 0.6) is 11.6 Å². The number of nitrogens with zero attached hydrogens (tertiary/aromatic N) is 3. The van der Waals surface area contributed by atoms with E-state index < -0.39 is 0 Å². The lowest BCUT2D eigenvalue weighted by molar-refractivity contribution is 0.225. The Morgan fingerprint density at radius 1 is 1.17 bits per heavy atom. The summed E-state index contributed by atoms with van der Waals surface area (Å²) in [7, 11) is 0. The van der Waals surface area contributed by atoms with E-state index in [1.54, 1.807) is 6.20 Å². The number of pyridine rings is 1. The van der Waals surface area contributed by atoms with Crippen LogP contribution in [0.4, 0.5) is 0 Å². The van der Waals surface area contributed by atoms with Crippen LogP contribution in [-0.4, -0.2) is 26.8 Å². The monoisotopic (exact) mass is 325 g/mol. The summed E-state index contributed by atoms with van der Waals surface area (Å²) in [6, 6.07) is 11.2. The zero-order valence-corrected chi connectivity index (χ0v) is 13.6. The Kier molecular flexibility index (Phi) is 4.86.